The third-order valence-electron chi connectivity index (χ3n) is 4.73. The number of hydrogen-bond donors (Lipinski definition) is 2. The third-order valence-corrected chi connectivity index (χ3v) is 4.73. The molecule has 2 amide bonds. The number of amides is 2. The van der Waals surface area contributed by atoms with Crippen LogP contribution in [0.4, 0.5) is 4.79 Å². The number of methoxy groups -OCH3 is 2. The lowest BCUT2D eigenvalue weighted by molar-refractivity contribution is 0.120. The molecule has 1 aliphatic heterocycles. The van der Waals surface area contributed by atoms with Crippen LogP contribution in [-0.2, 0) is 11.2 Å². The summed E-state index contributed by atoms with van der Waals surface area (Å²) in [6.07, 6.45) is 3.08. The molecule has 0 bridgehead atoms. The number of hydrogen-bond acceptors (Lipinski definition) is 4. The first-order chi connectivity index (χ1) is 12.2. The van der Waals surface area contributed by atoms with Crippen molar-refractivity contribution in [3.63, 3.8) is 0 Å². The molecule has 1 heterocycles. The van der Waals surface area contributed by atoms with E-state index in [0.717, 1.165) is 57.8 Å². The van der Waals surface area contributed by atoms with E-state index >= 15 is 0 Å². The van der Waals surface area contributed by atoms with Crippen molar-refractivity contribution in [2.75, 3.05) is 53.6 Å². The molecule has 1 aromatic carbocycles. The maximum atomic E-state index is 11.9. The van der Waals surface area contributed by atoms with Gasteiger partial charge in [0, 0.05) is 26.7 Å². The zero-order valence-corrected chi connectivity index (χ0v) is 15.4. The molecule has 0 atom stereocenters. The molecular formula is C19H31N3O3. The molecule has 0 unspecified atom stereocenters. The van der Waals surface area contributed by atoms with Crippen LogP contribution in [0.1, 0.15) is 18.4 Å². The summed E-state index contributed by atoms with van der Waals surface area (Å²) in [7, 11) is 3.40. The van der Waals surface area contributed by atoms with Gasteiger partial charge in [0.25, 0.3) is 0 Å². The number of likely N-dealkylation sites (tertiary alicyclic amines) is 1. The largest absolute Gasteiger partial charge is 0.497 e. The molecule has 25 heavy (non-hydrogen) atoms. The highest BCUT2D eigenvalue weighted by Crippen LogP contribution is 2.16. The molecule has 0 aliphatic carbocycles. The minimum Gasteiger partial charge on any atom is -0.497 e. The second-order valence-corrected chi connectivity index (χ2v) is 6.51. The van der Waals surface area contributed by atoms with Crippen LogP contribution in [0, 0.1) is 5.92 Å². The van der Waals surface area contributed by atoms with Crippen molar-refractivity contribution in [2.24, 2.45) is 5.92 Å². The quantitative estimate of drug-likeness (QED) is 0.715. The number of benzene rings is 1. The van der Waals surface area contributed by atoms with E-state index < -0.39 is 0 Å². The van der Waals surface area contributed by atoms with Gasteiger partial charge in [0.05, 0.1) is 13.7 Å². The smallest absolute Gasteiger partial charge is 0.314 e. The minimum atomic E-state index is -0.0738. The molecule has 1 fully saturated rings. The first-order valence-electron chi connectivity index (χ1n) is 9.07. The summed E-state index contributed by atoms with van der Waals surface area (Å²) in [6.45, 7) is 5.37. The van der Waals surface area contributed by atoms with Crippen molar-refractivity contribution < 1.29 is 14.3 Å². The van der Waals surface area contributed by atoms with Crippen molar-refractivity contribution in [1.82, 2.24) is 15.5 Å². The molecule has 2 rings (SSSR count). The lowest BCUT2D eigenvalue weighted by Crippen LogP contribution is -2.42. The Bertz CT molecular complexity index is 499. The third kappa shape index (κ3) is 7.32. The van der Waals surface area contributed by atoms with Gasteiger partial charge < -0.3 is 25.0 Å². The molecule has 0 saturated carbocycles. The number of urea groups is 1. The Labute approximate surface area is 150 Å². The lowest BCUT2D eigenvalue weighted by Gasteiger charge is -2.31. The zero-order chi connectivity index (χ0) is 17.9. The van der Waals surface area contributed by atoms with Gasteiger partial charge in [-0.3, -0.25) is 0 Å². The lowest BCUT2D eigenvalue weighted by atomic mass is 9.97. The Kier molecular flexibility index (Phi) is 8.55. The van der Waals surface area contributed by atoms with Gasteiger partial charge in [-0.2, -0.15) is 0 Å². The molecule has 1 aromatic rings. The average Bonchev–Trinajstić information content (AvgIpc) is 2.66. The average molecular weight is 349 g/mol. The van der Waals surface area contributed by atoms with Gasteiger partial charge in [0.2, 0.25) is 0 Å². The molecule has 0 aromatic heterocycles. The number of nitrogens with one attached hydrogen (secondary N) is 2. The van der Waals surface area contributed by atoms with Gasteiger partial charge in [-0.05, 0) is 56.0 Å². The fourth-order valence-electron chi connectivity index (χ4n) is 3.05. The maximum Gasteiger partial charge on any atom is 0.314 e. The second kappa shape index (κ2) is 10.9. The standard InChI is InChI=1S/C19H31N3O3/c1-24-14-13-22-11-8-17(9-12-22)15-21-19(23)20-10-7-16-3-5-18(25-2)6-4-16/h3-6,17H,7-15H2,1-2H3,(H2,20,21,23). The Morgan fingerprint density at radius 3 is 2.52 bits per heavy atom. The molecule has 140 valence electrons. The summed E-state index contributed by atoms with van der Waals surface area (Å²) in [5, 5.41) is 5.93. The van der Waals surface area contributed by atoms with Gasteiger partial charge in [-0.15, -0.1) is 0 Å². The van der Waals surface area contributed by atoms with Gasteiger partial charge >= 0.3 is 6.03 Å². The molecule has 0 spiro atoms. The van der Waals surface area contributed by atoms with E-state index in [4.69, 9.17) is 9.47 Å². The van der Waals surface area contributed by atoms with E-state index in [1.807, 2.05) is 24.3 Å². The highest BCUT2D eigenvalue weighted by atomic mass is 16.5. The van der Waals surface area contributed by atoms with E-state index in [2.05, 4.69) is 15.5 Å². The highest BCUT2D eigenvalue weighted by molar-refractivity contribution is 5.73. The SMILES string of the molecule is COCCN1CCC(CNC(=O)NCCc2ccc(OC)cc2)CC1. The molecule has 6 nitrogen and oxygen atoms in total. The first-order valence-corrected chi connectivity index (χ1v) is 9.07. The zero-order valence-electron chi connectivity index (χ0n) is 15.4. The summed E-state index contributed by atoms with van der Waals surface area (Å²) in [6, 6.07) is 7.85. The summed E-state index contributed by atoms with van der Waals surface area (Å²) in [4.78, 5) is 14.3. The van der Waals surface area contributed by atoms with Gasteiger partial charge in [-0.1, -0.05) is 12.1 Å². The maximum absolute atomic E-state index is 11.9. The van der Waals surface area contributed by atoms with E-state index in [0.29, 0.717) is 12.5 Å². The van der Waals surface area contributed by atoms with E-state index in [1.54, 1.807) is 14.2 Å². The predicted molar refractivity (Wildman–Crippen MR) is 99.1 cm³/mol. The summed E-state index contributed by atoms with van der Waals surface area (Å²) in [5.41, 5.74) is 1.18. The molecule has 0 radical (unpaired) electrons. The second-order valence-electron chi connectivity index (χ2n) is 6.51. The molecule has 6 heteroatoms. The number of ether oxygens (including phenoxy) is 2. The Morgan fingerprint density at radius 1 is 1.16 bits per heavy atom. The van der Waals surface area contributed by atoms with Crippen molar-refractivity contribution >= 4 is 6.03 Å². The van der Waals surface area contributed by atoms with Gasteiger partial charge in [-0.25, -0.2) is 4.79 Å². The van der Waals surface area contributed by atoms with E-state index in [-0.39, 0.29) is 6.03 Å². The van der Waals surface area contributed by atoms with Crippen molar-refractivity contribution in [1.29, 1.82) is 0 Å². The molecular weight excluding hydrogens is 318 g/mol. The fourth-order valence-corrected chi connectivity index (χ4v) is 3.05. The fraction of sp³-hybridized carbons (Fsp3) is 0.632. The molecule has 2 N–H and O–H groups in total. The molecule has 1 aliphatic rings. The van der Waals surface area contributed by atoms with Crippen LogP contribution in [0.5, 0.6) is 5.75 Å². The first kappa shape index (κ1) is 19.5. The van der Waals surface area contributed by atoms with Crippen molar-refractivity contribution in [2.45, 2.75) is 19.3 Å². The van der Waals surface area contributed by atoms with Gasteiger partial charge in [0.1, 0.15) is 5.75 Å². The minimum absolute atomic E-state index is 0.0738. The van der Waals surface area contributed by atoms with Crippen LogP contribution in [0.2, 0.25) is 0 Å². The summed E-state index contributed by atoms with van der Waals surface area (Å²) >= 11 is 0. The van der Waals surface area contributed by atoms with E-state index in [1.165, 1.54) is 5.56 Å². The van der Waals surface area contributed by atoms with Crippen LogP contribution >= 0.6 is 0 Å². The van der Waals surface area contributed by atoms with Crippen LogP contribution in [0.25, 0.3) is 0 Å². The summed E-state index contributed by atoms with van der Waals surface area (Å²) < 4.78 is 10.3. The normalized spacial score (nSPS) is 15.8. The molecule has 1 saturated heterocycles. The number of piperidine rings is 1. The number of nitrogens with zero attached hydrogens (tertiary/aromatic N) is 1. The van der Waals surface area contributed by atoms with Crippen LogP contribution in [0.3, 0.4) is 0 Å². The van der Waals surface area contributed by atoms with Crippen LogP contribution in [-0.4, -0.2) is 64.5 Å². The predicted octanol–water partition coefficient (Wildman–Crippen LogP) is 1.90. The Balaban J connectivity index is 1.55. The number of rotatable bonds is 9. The number of carbonyl (C=O) groups is 1. The highest BCUT2D eigenvalue weighted by Gasteiger charge is 2.19. The summed E-state index contributed by atoms with van der Waals surface area (Å²) in [5.74, 6) is 1.42. The Hall–Kier alpha value is -1.79. The monoisotopic (exact) mass is 349 g/mol. The Morgan fingerprint density at radius 2 is 1.88 bits per heavy atom. The van der Waals surface area contributed by atoms with Crippen molar-refractivity contribution in [3.8, 4) is 5.75 Å². The van der Waals surface area contributed by atoms with E-state index in [9.17, 15) is 4.79 Å². The van der Waals surface area contributed by atoms with Crippen LogP contribution < -0.4 is 15.4 Å². The van der Waals surface area contributed by atoms with Gasteiger partial charge in [0.15, 0.2) is 0 Å². The van der Waals surface area contributed by atoms with Crippen LogP contribution in [0.15, 0.2) is 24.3 Å². The number of carbonyl (C=O) groups excluding carboxylic acids is 1. The topological polar surface area (TPSA) is 62.8 Å². The van der Waals surface area contributed by atoms with Crippen molar-refractivity contribution in [3.05, 3.63) is 29.8 Å².